The summed E-state index contributed by atoms with van der Waals surface area (Å²) in [5.74, 6) is 0.830. The van der Waals surface area contributed by atoms with Gasteiger partial charge in [-0.3, -0.25) is 9.78 Å². The quantitative estimate of drug-likeness (QED) is 0.856. The zero-order valence-corrected chi connectivity index (χ0v) is 13.4. The minimum absolute atomic E-state index is 0.0400. The van der Waals surface area contributed by atoms with Gasteiger partial charge in [0, 0.05) is 34.9 Å². The van der Waals surface area contributed by atoms with Gasteiger partial charge in [-0.1, -0.05) is 13.8 Å². The van der Waals surface area contributed by atoms with Crippen LogP contribution in [0.4, 0.5) is 0 Å². The van der Waals surface area contributed by atoms with Crippen LogP contribution < -0.4 is 4.74 Å². The van der Waals surface area contributed by atoms with Crippen molar-refractivity contribution < 1.29 is 9.53 Å². The minimum Gasteiger partial charge on any atom is -0.496 e. The first-order chi connectivity index (χ1) is 9.77. The van der Waals surface area contributed by atoms with Gasteiger partial charge in [-0.2, -0.15) is 5.26 Å². The molecule has 1 unspecified atom stereocenters. The third-order valence-electron chi connectivity index (χ3n) is 4.66. The van der Waals surface area contributed by atoms with E-state index in [-0.39, 0.29) is 5.78 Å². The molecule has 0 spiro atoms. The molecule has 0 radical (unpaired) electrons. The molecular weight excluding hydrogens is 264 g/mol. The van der Waals surface area contributed by atoms with Gasteiger partial charge < -0.3 is 4.74 Å². The monoisotopic (exact) mass is 286 g/mol. The average Bonchev–Trinajstić information content (AvgIpc) is 2.67. The molecular formula is C17H22N2O2. The molecule has 112 valence electrons. The van der Waals surface area contributed by atoms with Crippen LogP contribution in [-0.4, -0.2) is 17.9 Å². The third kappa shape index (κ3) is 2.42. The second-order valence-electron chi connectivity index (χ2n) is 6.63. The summed E-state index contributed by atoms with van der Waals surface area (Å²) in [6, 6.07) is 2.28. The Hall–Kier alpha value is -1.89. The number of hydrogen-bond acceptors (Lipinski definition) is 4. The molecule has 4 nitrogen and oxygen atoms in total. The summed E-state index contributed by atoms with van der Waals surface area (Å²) in [7, 11) is 1.63. The number of hydrogen-bond donors (Lipinski definition) is 0. The summed E-state index contributed by atoms with van der Waals surface area (Å²) in [4.78, 5) is 17.1. The molecule has 1 saturated carbocycles. The Morgan fingerprint density at radius 2 is 2.05 bits per heavy atom. The standard InChI is InChI=1S/C17H22N2O2/c1-11-9-19-13(12(2)14(11)21-5)8-17(10-18)7-6-16(3,4)15(17)20/h9H,6-8H2,1-5H3. The zero-order chi connectivity index (χ0) is 15.8. The van der Waals surface area contributed by atoms with Gasteiger partial charge in [-0.05, 0) is 26.7 Å². The van der Waals surface area contributed by atoms with E-state index in [9.17, 15) is 10.1 Å². The first-order valence-corrected chi connectivity index (χ1v) is 7.22. The lowest BCUT2D eigenvalue weighted by Crippen LogP contribution is -2.33. The second kappa shape index (κ2) is 5.14. The molecule has 0 aliphatic heterocycles. The maximum Gasteiger partial charge on any atom is 0.159 e. The van der Waals surface area contributed by atoms with Crippen molar-refractivity contribution >= 4 is 5.78 Å². The molecule has 1 atom stereocenters. The molecule has 0 N–H and O–H groups in total. The van der Waals surface area contributed by atoms with Crippen molar-refractivity contribution in [1.29, 1.82) is 5.26 Å². The smallest absolute Gasteiger partial charge is 0.159 e. The Labute approximate surface area is 126 Å². The number of methoxy groups -OCH3 is 1. The number of nitriles is 1. The summed E-state index contributed by atoms with van der Waals surface area (Å²) in [5.41, 5.74) is 1.30. The van der Waals surface area contributed by atoms with E-state index in [4.69, 9.17) is 4.74 Å². The van der Waals surface area contributed by atoms with Gasteiger partial charge in [-0.15, -0.1) is 0 Å². The topological polar surface area (TPSA) is 63.0 Å². The molecule has 1 heterocycles. The van der Waals surface area contributed by atoms with E-state index in [2.05, 4.69) is 11.1 Å². The van der Waals surface area contributed by atoms with Crippen molar-refractivity contribution in [2.45, 2.75) is 47.0 Å². The molecule has 0 amide bonds. The molecule has 0 saturated heterocycles. The number of ether oxygens (including phenoxy) is 1. The van der Waals surface area contributed by atoms with E-state index in [1.54, 1.807) is 13.3 Å². The van der Waals surface area contributed by atoms with Crippen LogP contribution in [0.1, 0.15) is 43.5 Å². The Morgan fingerprint density at radius 3 is 2.52 bits per heavy atom. The van der Waals surface area contributed by atoms with Gasteiger partial charge in [0.15, 0.2) is 5.78 Å². The number of aryl methyl sites for hydroxylation is 1. The van der Waals surface area contributed by atoms with Gasteiger partial charge in [-0.25, -0.2) is 0 Å². The fourth-order valence-corrected chi connectivity index (χ4v) is 3.25. The van der Waals surface area contributed by atoms with Crippen LogP contribution in [0.25, 0.3) is 0 Å². The zero-order valence-electron chi connectivity index (χ0n) is 13.4. The van der Waals surface area contributed by atoms with Gasteiger partial charge in [0.05, 0.1) is 13.2 Å². The Balaban J connectivity index is 2.42. The van der Waals surface area contributed by atoms with E-state index < -0.39 is 10.8 Å². The summed E-state index contributed by atoms with van der Waals surface area (Å²) >= 11 is 0. The van der Waals surface area contributed by atoms with Gasteiger partial charge in [0.2, 0.25) is 0 Å². The number of ketones is 1. The fourth-order valence-electron chi connectivity index (χ4n) is 3.25. The van der Waals surface area contributed by atoms with Crippen molar-refractivity contribution in [3.05, 3.63) is 23.0 Å². The maximum absolute atomic E-state index is 12.6. The largest absolute Gasteiger partial charge is 0.496 e. The average molecular weight is 286 g/mol. The van der Waals surface area contributed by atoms with Crippen LogP contribution in [-0.2, 0) is 11.2 Å². The highest BCUT2D eigenvalue weighted by Crippen LogP contribution is 2.47. The van der Waals surface area contributed by atoms with Crippen LogP contribution in [0.5, 0.6) is 5.75 Å². The summed E-state index contributed by atoms with van der Waals surface area (Å²) in [5, 5.41) is 9.62. The molecule has 1 aliphatic rings. The van der Waals surface area contributed by atoms with E-state index in [1.807, 2.05) is 27.7 Å². The molecule has 2 rings (SSSR count). The highest BCUT2D eigenvalue weighted by molar-refractivity contribution is 5.94. The summed E-state index contributed by atoms with van der Waals surface area (Å²) < 4.78 is 5.41. The maximum atomic E-state index is 12.6. The predicted octanol–water partition coefficient (Wildman–Crippen LogP) is 3.15. The third-order valence-corrected chi connectivity index (χ3v) is 4.66. The molecule has 0 bridgehead atoms. The van der Waals surface area contributed by atoms with Crippen molar-refractivity contribution in [3.8, 4) is 11.8 Å². The van der Waals surface area contributed by atoms with Crippen LogP contribution >= 0.6 is 0 Å². The number of nitrogens with zero attached hydrogens (tertiary/aromatic N) is 2. The van der Waals surface area contributed by atoms with Crippen LogP contribution in [0.3, 0.4) is 0 Å². The predicted molar refractivity (Wildman–Crippen MR) is 80.0 cm³/mol. The SMILES string of the molecule is COc1c(C)cnc(CC2(C#N)CCC(C)(C)C2=O)c1C. The number of carbonyl (C=O) groups is 1. The Morgan fingerprint density at radius 1 is 1.38 bits per heavy atom. The first kappa shape index (κ1) is 15.5. The summed E-state index contributed by atoms with van der Waals surface area (Å²) in [6.07, 6.45) is 3.47. The molecule has 1 fully saturated rings. The highest BCUT2D eigenvalue weighted by atomic mass is 16.5. The molecule has 4 heteroatoms. The fraction of sp³-hybridized carbons (Fsp3) is 0.588. The second-order valence-corrected chi connectivity index (χ2v) is 6.63. The van der Waals surface area contributed by atoms with Gasteiger partial charge in [0.1, 0.15) is 11.2 Å². The first-order valence-electron chi connectivity index (χ1n) is 7.22. The molecule has 0 aromatic carbocycles. The van der Waals surface area contributed by atoms with E-state index in [0.717, 1.165) is 29.0 Å². The normalized spacial score (nSPS) is 23.9. The van der Waals surface area contributed by atoms with Crippen molar-refractivity contribution in [2.75, 3.05) is 7.11 Å². The van der Waals surface area contributed by atoms with Crippen LogP contribution in [0.2, 0.25) is 0 Å². The highest BCUT2D eigenvalue weighted by Gasteiger charge is 2.52. The number of rotatable bonds is 3. The number of aromatic nitrogens is 1. The lowest BCUT2D eigenvalue weighted by molar-refractivity contribution is -0.130. The van der Waals surface area contributed by atoms with Gasteiger partial charge >= 0.3 is 0 Å². The lowest BCUT2D eigenvalue weighted by atomic mass is 9.77. The van der Waals surface area contributed by atoms with E-state index >= 15 is 0 Å². The molecule has 1 aromatic heterocycles. The Kier molecular flexibility index (Phi) is 3.79. The van der Waals surface area contributed by atoms with Crippen LogP contribution in [0.15, 0.2) is 6.20 Å². The minimum atomic E-state index is -0.943. The number of carbonyl (C=O) groups excluding carboxylic acids is 1. The summed E-state index contributed by atoms with van der Waals surface area (Å²) in [6.45, 7) is 7.71. The van der Waals surface area contributed by atoms with Crippen molar-refractivity contribution in [1.82, 2.24) is 4.98 Å². The van der Waals surface area contributed by atoms with Crippen LogP contribution in [0, 0.1) is 36.0 Å². The van der Waals surface area contributed by atoms with E-state index in [0.29, 0.717) is 12.8 Å². The van der Waals surface area contributed by atoms with E-state index in [1.165, 1.54) is 0 Å². The molecule has 1 aliphatic carbocycles. The molecule has 21 heavy (non-hydrogen) atoms. The van der Waals surface area contributed by atoms with Crippen molar-refractivity contribution in [2.24, 2.45) is 10.8 Å². The van der Waals surface area contributed by atoms with Crippen molar-refractivity contribution in [3.63, 3.8) is 0 Å². The van der Waals surface area contributed by atoms with Gasteiger partial charge in [0.25, 0.3) is 0 Å². The Bertz CT molecular complexity index is 628. The lowest BCUT2D eigenvalue weighted by Gasteiger charge is -2.23. The number of Topliss-reactive ketones (excluding diaryl/α,β-unsaturated/α-hetero) is 1. The number of pyridine rings is 1. The molecule has 1 aromatic rings.